The Bertz CT molecular complexity index is 703. The number of hydrogen-bond acceptors (Lipinski definition) is 3. The van der Waals surface area contributed by atoms with Crippen LogP contribution in [0.4, 0.5) is 16.2 Å². The van der Waals surface area contributed by atoms with Gasteiger partial charge in [0.05, 0.1) is 16.4 Å². The molecule has 2 aromatic rings. The zero-order valence-corrected chi connectivity index (χ0v) is 11.4. The van der Waals surface area contributed by atoms with Crippen molar-refractivity contribution in [1.82, 2.24) is 0 Å². The van der Waals surface area contributed by atoms with Crippen molar-refractivity contribution in [3.05, 3.63) is 53.1 Å². The number of hydrogen-bond donors (Lipinski definition) is 4. The van der Waals surface area contributed by atoms with E-state index in [2.05, 4.69) is 10.6 Å². The average molecular weight is 307 g/mol. The largest absolute Gasteiger partial charge is 0.505 e. The number of anilines is 2. The first-order valence-corrected chi connectivity index (χ1v) is 6.24. The standard InChI is InChI=1S/C14H11ClN2O4/c15-9-5-1-2-6-10(9)16-14(21)17-11-7-3-4-8(12(11)18)13(19)20/h1-7,18H,(H,19,20)(H2,16,17,21). The molecule has 0 saturated heterocycles. The summed E-state index contributed by atoms with van der Waals surface area (Å²) in [5.74, 6) is -1.80. The molecule has 108 valence electrons. The zero-order valence-electron chi connectivity index (χ0n) is 10.6. The summed E-state index contributed by atoms with van der Waals surface area (Å²) in [5, 5.41) is 23.9. The Morgan fingerprint density at radius 2 is 1.57 bits per heavy atom. The fourth-order valence-electron chi connectivity index (χ4n) is 1.66. The van der Waals surface area contributed by atoms with Crippen molar-refractivity contribution < 1.29 is 19.8 Å². The number of rotatable bonds is 3. The Labute approximate surface area is 125 Å². The van der Waals surface area contributed by atoms with Crippen molar-refractivity contribution in [3.8, 4) is 5.75 Å². The van der Waals surface area contributed by atoms with Gasteiger partial charge >= 0.3 is 12.0 Å². The molecule has 4 N–H and O–H groups in total. The lowest BCUT2D eigenvalue weighted by molar-refractivity contribution is 0.0694. The monoisotopic (exact) mass is 306 g/mol. The van der Waals surface area contributed by atoms with Crippen LogP contribution in [0, 0.1) is 0 Å². The first-order valence-electron chi connectivity index (χ1n) is 5.87. The van der Waals surface area contributed by atoms with E-state index in [1.54, 1.807) is 24.3 Å². The zero-order chi connectivity index (χ0) is 15.4. The summed E-state index contributed by atoms with van der Waals surface area (Å²) < 4.78 is 0. The molecule has 0 aromatic heterocycles. The summed E-state index contributed by atoms with van der Waals surface area (Å²) in [6.07, 6.45) is 0. The van der Waals surface area contributed by atoms with Crippen molar-refractivity contribution in [2.24, 2.45) is 0 Å². The van der Waals surface area contributed by atoms with E-state index in [-0.39, 0.29) is 11.3 Å². The summed E-state index contributed by atoms with van der Waals surface area (Å²) in [4.78, 5) is 22.7. The number of carbonyl (C=O) groups is 2. The maximum absolute atomic E-state index is 11.8. The number of carboxylic acids is 1. The normalized spacial score (nSPS) is 9.95. The Morgan fingerprint density at radius 3 is 2.24 bits per heavy atom. The summed E-state index contributed by atoms with van der Waals surface area (Å²) in [6, 6.07) is 10.0. The molecule has 0 aliphatic rings. The summed E-state index contributed by atoms with van der Waals surface area (Å²) in [5.41, 5.74) is 0.0792. The Kier molecular flexibility index (Phi) is 4.30. The highest BCUT2D eigenvalue weighted by molar-refractivity contribution is 6.33. The van der Waals surface area contributed by atoms with E-state index in [0.717, 1.165) is 0 Å². The van der Waals surface area contributed by atoms with Crippen LogP contribution < -0.4 is 10.6 Å². The third kappa shape index (κ3) is 3.43. The number of urea groups is 1. The van der Waals surface area contributed by atoms with E-state index in [4.69, 9.17) is 16.7 Å². The molecule has 0 heterocycles. The molecule has 2 amide bonds. The Hall–Kier alpha value is -2.73. The number of phenols is 1. The molecule has 21 heavy (non-hydrogen) atoms. The highest BCUT2D eigenvalue weighted by Gasteiger charge is 2.14. The minimum absolute atomic E-state index is 0.0144. The van der Waals surface area contributed by atoms with Gasteiger partial charge in [0, 0.05) is 0 Å². The first kappa shape index (κ1) is 14.7. The molecule has 2 aromatic carbocycles. The number of aromatic hydroxyl groups is 1. The van der Waals surface area contributed by atoms with E-state index in [1.165, 1.54) is 18.2 Å². The molecule has 0 bridgehead atoms. The van der Waals surface area contributed by atoms with Crippen molar-refractivity contribution in [1.29, 1.82) is 0 Å². The number of carbonyl (C=O) groups excluding carboxylic acids is 1. The van der Waals surface area contributed by atoms with Gasteiger partial charge in [-0.25, -0.2) is 9.59 Å². The molecule has 0 spiro atoms. The average Bonchev–Trinajstić information content (AvgIpc) is 2.43. The SMILES string of the molecule is O=C(Nc1ccccc1Cl)Nc1cccc(C(=O)O)c1O. The van der Waals surface area contributed by atoms with E-state index < -0.39 is 17.7 Å². The van der Waals surface area contributed by atoms with Crippen molar-refractivity contribution in [2.45, 2.75) is 0 Å². The number of aromatic carboxylic acids is 1. The molecule has 0 atom stereocenters. The first-order chi connectivity index (χ1) is 9.99. The number of carboxylic acid groups (broad SMARTS) is 1. The summed E-state index contributed by atoms with van der Waals surface area (Å²) in [7, 11) is 0. The second kappa shape index (κ2) is 6.15. The van der Waals surface area contributed by atoms with Crippen LogP contribution in [-0.4, -0.2) is 22.2 Å². The van der Waals surface area contributed by atoms with Gasteiger partial charge in [0.1, 0.15) is 5.56 Å². The van der Waals surface area contributed by atoms with Crippen LogP contribution in [0.3, 0.4) is 0 Å². The van der Waals surface area contributed by atoms with Gasteiger partial charge in [-0.15, -0.1) is 0 Å². The maximum Gasteiger partial charge on any atom is 0.339 e. The van der Waals surface area contributed by atoms with Crippen molar-refractivity contribution in [3.63, 3.8) is 0 Å². The minimum Gasteiger partial charge on any atom is -0.505 e. The van der Waals surface area contributed by atoms with Gasteiger partial charge in [-0.2, -0.15) is 0 Å². The molecular formula is C14H11ClN2O4. The predicted molar refractivity (Wildman–Crippen MR) is 79.2 cm³/mol. The minimum atomic E-state index is -1.29. The Morgan fingerprint density at radius 1 is 0.952 bits per heavy atom. The maximum atomic E-state index is 11.8. The molecule has 0 saturated carbocycles. The van der Waals surface area contributed by atoms with Crippen molar-refractivity contribution in [2.75, 3.05) is 10.6 Å². The lowest BCUT2D eigenvalue weighted by Crippen LogP contribution is -2.20. The molecule has 6 nitrogen and oxygen atoms in total. The van der Waals surface area contributed by atoms with E-state index in [9.17, 15) is 14.7 Å². The van der Waals surface area contributed by atoms with Crippen LogP contribution in [0.5, 0.6) is 5.75 Å². The van der Waals surface area contributed by atoms with Crippen LogP contribution in [0.2, 0.25) is 5.02 Å². The molecule has 7 heteroatoms. The number of benzene rings is 2. The number of para-hydroxylation sites is 2. The molecular weight excluding hydrogens is 296 g/mol. The van der Waals surface area contributed by atoms with Gasteiger partial charge < -0.3 is 20.8 Å². The smallest absolute Gasteiger partial charge is 0.339 e. The highest BCUT2D eigenvalue weighted by atomic mass is 35.5. The van der Waals surface area contributed by atoms with E-state index >= 15 is 0 Å². The van der Waals surface area contributed by atoms with Gasteiger partial charge in [0.2, 0.25) is 0 Å². The van der Waals surface area contributed by atoms with Gasteiger partial charge in [-0.05, 0) is 24.3 Å². The van der Waals surface area contributed by atoms with Gasteiger partial charge in [0.15, 0.2) is 5.75 Å². The quantitative estimate of drug-likeness (QED) is 0.653. The van der Waals surface area contributed by atoms with Crippen LogP contribution >= 0.6 is 11.6 Å². The lowest BCUT2D eigenvalue weighted by atomic mass is 10.1. The fraction of sp³-hybridized carbons (Fsp3) is 0. The lowest BCUT2D eigenvalue weighted by Gasteiger charge is -2.11. The topological polar surface area (TPSA) is 98.7 Å². The molecule has 0 unspecified atom stereocenters. The van der Waals surface area contributed by atoms with Gasteiger partial charge in [-0.3, -0.25) is 0 Å². The number of amides is 2. The van der Waals surface area contributed by atoms with Gasteiger partial charge in [0.25, 0.3) is 0 Å². The molecule has 0 fully saturated rings. The van der Waals surface area contributed by atoms with Crippen molar-refractivity contribution >= 4 is 35.0 Å². The third-order valence-corrected chi connectivity index (χ3v) is 2.97. The molecule has 2 rings (SSSR count). The number of halogens is 1. The summed E-state index contributed by atoms with van der Waals surface area (Å²) >= 11 is 5.90. The van der Waals surface area contributed by atoms with Crippen LogP contribution in [-0.2, 0) is 0 Å². The summed E-state index contributed by atoms with van der Waals surface area (Å²) in [6.45, 7) is 0. The van der Waals surface area contributed by atoms with E-state index in [1.807, 2.05) is 0 Å². The second-order valence-corrected chi connectivity index (χ2v) is 4.47. The molecule has 0 radical (unpaired) electrons. The van der Waals surface area contributed by atoms with Crippen LogP contribution in [0.25, 0.3) is 0 Å². The second-order valence-electron chi connectivity index (χ2n) is 4.07. The molecule has 0 aliphatic heterocycles. The molecule has 0 aliphatic carbocycles. The fourth-order valence-corrected chi connectivity index (χ4v) is 1.84. The van der Waals surface area contributed by atoms with Gasteiger partial charge in [-0.1, -0.05) is 29.8 Å². The number of nitrogens with one attached hydrogen (secondary N) is 2. The van der Waals surface area contributed by atoms with Crippen LogP contribution in [0.1, 0.15) is 10.4 Å². The Balaban J connectivity index is 2.15. The highest BCUT2D eigenvalue weighted by Crippen LogP contribution is 2.28. The predicted octanol–water partition coefficient (Wildman–Crippen LogP) is 3.39. The third-order valence-electron chi connectivity index (χ3n) is 2.64. The van der Waals surface area contributed by atoms with Crippen LogP contribution in [0.15, 0.2) is 42.5 Å². The van der Waals surface area contributed by atoms with E-state index in [0.29, 0.717) is 10.7 Å².